The maximum atomic E-state index is 11.9. The van der Waals surface area contributed by atoms with Crippen molar-refractivity contribution in [2.45, 2.75) is 18.4 Å². The molecule has 102 valence electrons. The summed E-state index contributed by atoms with van der Waals surface area (Å²) in [6.07, 6.45) is 1.34. The fourth-order valence-electron chi connectivity index (χ4n) is 2.81. The summed E-state index contributed by atoms with van der Waals surface area (Å²) in [6.45, 7) is 0. The number of hydrogen-bond acceptors (Lipinski definition) is 2. The van der Waals surface area contributed by atoms with Gasteiger partial charge in [-0.1, -0.05) is 36.4 Å². The lowest BCUT2D eigenvalue weighted by molar-refractivity contribution is -0.142. The SMILES string of the molecule is O=C(O)C1(Nc2ccccc2Br)CCc2ccccc21. The van der Waals surface area contributed by atoms with Crippen LogP contribution in [0.5, 0.6) is 0 Å². The number of carboxylic acid groups (broad SMARTS) is 1. The Morgan fingerprint density at radius 1 is 1.15 bits per heavy atom. The van der Waals surface area contributed by atoms with E-state index in [9.17, 15) is 9.90 Å². The Kier molecular flexibility index (Phi) is 3.26. The largest absolute Gasteiger partial charge is 0.479 e. The summed E-state index contributed by atoms with van der Waals surface area (Å²) < 4.78 is 0.866. The highest BCUT2D eigenvalue weighted by atomic mass is 79.9. The molecule has 4 heteroatoms. The minimum atomic E-state index is -1.04. The van der Waals surface area contributed by atoms with Crippen LogP contribution in [-0.4, -0.2) is 11.1 Å². The first-order chi connectivity index (χ1) is 9.63. The number of nitrogens with one attached hydrogen (secondary N) is 1. The lowest BCUT2D eigenvalue weighted by atomic mass is 9.91. The molecule has 0 saturated heterocycles. The predicted octanol–water partition coefficient (Wildman–Crippen LogP) is 3.79. The summed E-state index contributed by atoms with van der Waals surface area (Å²) in [7, 11) is 0. The molecule has 2 N–H and O–H groups in total. The van der Waals surface area contributed by atoms with Gasteiger partial charge in [0.1, 0.15) is 0 Å². The minimum absolute atomic E-state index is 0.559. The highest BCUT2D eigenvalue weighted by Crippen LogP contribution is 2.41. The van der Waals surface area contributed by atoms with Crippen molar-refractivity contribution in [3.63, 3.8) is 0 Å². The maximum absolute atomic E-state index is 11.9. The van der Waals surface area contributed by atoms with Gasteiger partial charge in [-0.2, -0.15) is 0 Å². The van der Waals surface area contributed by atoms with E-state index in [4.69, 9.17) is 0 Å². The number of hydrogen-bond donors (Lipinski definition) is 2. The average molecular weight is 332 g/mol. The first kappa shape index (κ1) is 13.2. The van der Waals surface area contributed by atoms with Crippen LogP contribution in [0.3, 0.4) is 0 Å². The first-order valence-corrected chi connectivity index (χ1v) is 7.27. The van der Waals surface area contributed by atoms with Crippen LogP contribution in [0.15, 0.2) is 53.0 Å². The standard InChI is InChI=1S/C16H14BrNO2/c17-13-7-3-4-8-14(13)18-16(15(19)20)10-9-11-5-1-2-6-12(11)16/h1-8,18H,9-10H2,(H,19,20). The van der Waals surface area contributed by atoms with Crippen LogP contribution in [0.2, 0.25) is 0 Å². The van der Waals surface area contributed by atoms with Crippen molar-refractivity contribution in [3.8, 4) is 0 Å². The molecule has 0 amide bonds. The van der Waals surface area contributed by atoms with E-state index in [2.05, 4.69) is 21.2 Å². The van der Waals surface area contributed by atoms with Gasteiger partial charge in [-0.05, 0) is 52.0 Å². The van der Waals surface area contributed by atoms with Crippen LogP contribution in [0.1, 0.15) is 17.5 Å². The van der Waals surface area contributed by atoms with Gasteiger partial charge < -0.3 is 10.4 Å². The molecule has 3 rings (SSSR count). The van der Waals surface area contributed by atoms with E-state index in [1.807, 2.05) is 48.5 Å². The van der Waals surface area contributed by atoms with E-state index in [1.165, 1.54) is 0 Å². The topological polar surface area (TPSA) is 49.3 Å². The van der Waals surface area contributed by atoms with E-state index in [0.29, 0.717) is 6.42 Å². The number of rotatable bonds is 3. The van der Waals surface area contributed by atoms with E-state index < -0.39 is 11.5 Å². The van der Waals surface area contributed by atoms with Crippen molar-refractivity contribution < 1.29 is 9.90 Å². The Morgan fingerprint density at radius 3 is 2.60 bits per heavy atom. The minimum Gasteiger partial charge on any atom is -0.479 e. The van der Waals surface area contributed by atoms with Crippen LogP contribution < -0.4 is 5.32 Å². The zero-order valence-corrected chi connectivity index (χ0v) is 12.4. The first-order valence-electron chi connectivity index (χ1n) is 6.48. The molecule has 20 heavy (non-hydrogen) atoms. The molecule has 0 aliphatic heterocycles. The molecule has 1 unspecified atom stereocenters. The molecular formula is C16H14BrNO2. The van der Waals surface area contributed by atoms with Gasteiger partial charge in [-0.25, -0.2) is 4.79 Å². The summed E-state index contributed by atoms with van der Waals surface area (Å²) in [4.78, 5) is 11.9. The molecule has 0 spiro atoms. The number of anilines is 1. The van der Waals surface area contributed by atoms with Crippen molar-refractivity contribution in [2.24, 2.45) is 0 Å². The van der Waals surface area contributed by atoms with Crippen molar-refractivity contribution in [2.75, 3.05) is 5.32 Å². The monoisotopic (exact) mass is 331 g/mol. The van der Waals surface area contributed by atoms with Crippen LogP contribution in [0.25, 0.3) is 0 Å². The second-order valence-electron chi connectivity index (χ2n) is 4.97. The van der Waals surface area contributed by atoms with Gasteiger partial charge in [-0.15, -0.1) is 0 Å². The van der Waals surface area contributed by atoms with Crippen LogP contribution in [0.4, 0.5) is 5.69 Å². The molecule has 0 bridgehead atoms. The fraction of sp³-hybridized carbons (Fsp3) is 0.188. The van der Waals surface area contributed by atoms with E-state index in [1.54, 1.807) is 0 Å². The van der Waals surface area contributed by atoms with Crippen LogP contribution in [0, 0.1) is 0 Å². The number of carbonyl (C=O) groups is 1. The molecule has 2 aromatic carbocycles. The molecule has 0 radical (unpaired) electrons. The number of fused-ring (bicyclic) bond motifs is 1. The van der Waals surface area contributed by atoms with Gasteiger partial charge >= 0.3 is 5.97 Å². The predicted molar refractivity (Wildman–Crippen MR) is 81.8 cm³/mol. The zero-order valence-electron chi connectivity index (χ0n) is 10.8. The van der Waals surface area contributed by atoms with Crippen LogP contribution in [-0.2, 0) is 16.8 Å². The molecule has 1 aliphatic rings. The average Bonchev–Trinajstić information content (AvgIpc) is 2.82. The molecular weight excluding hydrogens is 318 g/mol. The fourth-order valence-corrected chi connectivity index (χ4v) is 3.19. The highest BCUT2D eigenvalue weighted by molar-refractivity contribution is 9.10. The van der Waals surface area contributed by atoms with E-state index in [-0.39, 0.29) is 0 Å². The van der Waals surface area contributed by atoms with Crippen molar-refractivity contribution >= 4 is 27.6 Å². The van der Waals surface area contributed by atoms with Crippen molar-refractivity contribution in [1.82, 2.24) is 0 Å². The Bertz CT molecular complexity index is 671. The van der Waals surface area contributed by atoms with Gasteiger partial charge in [0.15, 0.2) is 5.54 Å². The Hall–Kier alpha value is -1.81. The number of aliphatic carboxylic acids is 1. The molecule has 0 fully saturated rings. The second-order valence-corrected chi connectivity index (χ2v) is 5.83. The lowest BCUT2D eigenvalue weighted by Crippen LogP contribution is -2.41. The van der Waals surface area contributed by atoms with Gasteiger partial charge in [0.2, 0.25) is 0 Å². The molecule has 0 heterocycles. The molecule has 0 saturated carbocycles. The van der Waals surface area contributed by atoms with Gasteiger partial charge in [0, 0.05) is 10.2 Å². The van der Waals surface area contributed by atoms with Gasteiger partial charge in [-0.3, -0.25) is 0 Å². The second kappa shape index (κ2) is 4.94. The third kappa shape index (κ3) is 2.00. The summed E-state index contributed by atoms with van der Waals surface area (Å²) >= 11 is 3.46. The third-order valence-electron chi connectivity index (χ3n) is 3.83. The Balaban J connectivity index is 2.08. The number of benzene rings is 2. The molecule has 2 aromatic rings. The van der Waals surface area contributed by atoms with Crippen LogP contribution >= 0.6 is 15.9 Å². The normalized spacial score (nSPS) is 20.4. The quantitative estimate of drug-likeness (QED) is 0.899. The molecule has 1 aliphatic carbocycles. The summed E-state index contributed by atoms with van der Waals surface area (Å²) in [6, 6.07) is 15.3. The molecule has 0 aromatic heterocycles. The Morgan fingerprint density at radius 2 is 1.85 bits per heavy atom. The molecule has 1 atom stereocenters. The van der Waals surface area contributed by atoms with E-state index in [0.717, 1.165) is 27.7 Å². The van der Waals surface area contributed by atoms with Gasteiger partial charge in [0.05, 0.1) is 0 Å². The van der Waals surface area contributed by atoms with Gasteiger partial charge in [0.25, 0.3) is 0 Å². The number of carboxylic acids is 1. The van der Waals surface area contributed by atoms with Crippen molar-refractivity contribution in [3.05, 3.63) is 64.1 Å². The number of halogens is 1. The van der Waals surface area contributed by atoms with E-state index >= 15 is 0 Å². The summed E-state index contributed by atoms with van der Waals surface area (Å²) in [5.74, 6) is -0.835. The lowest BCUT2D eigenvalue weighted by Gasteiger charge is -2.28. The highest BCUT2D eigenvalue weighted by Gasteiger charge is 2.45. The zero-order chi connectivity index (χ0) is 14.2. The third-order valence-corrected chi connectivity index (χ3v) is 4.52. The summed E-state index contributed by atoms with van der Waals surface area (Å²) in [5.41, 5.74) is 1.73. The van der Waals surface area contributed by atoms with Crippen molar-refractivity contribution in [1.29, 1.82) is 0 Å². The Labute approximate surface area is 125 Å². The smallest absolute Gasteiger partial charge is 0.334 e. The molecule has 3 nitrogen and oxygen atoms in total. The number of para-hydroxylation sites is 1. The number of aryl methyl sites for hydroxylation is 1. The maximum Gasteiger partial charge on any atom is 0.334 e. The summed E-state index contributed by atoms with van der Waals surface area (Å²) in [5, 5.41) is 13.0.